The van der Waals surface area contributed by atoms with E-state index in [1.54, 1.807) is 0 Å². The van der Waals surface area contributed by atoms with Gasteiger partial charge in [0.1, 0.15) is 0 Å². The Labute approximate surface area is 164 Å². The van der Waals surface area contributed by atoms with Gasteiger partial charge < -0.3 is 0 Å². The van der Waals surface area contributed by atoms with Gasteiger partial charge in [0.15, 0.2) is 0 Å². The highest BCUT2D eigenvalue weighted by Gasteiger charge is 2.17. The Morgan fingerprint density at radius 1 is 0.840 bits per heavy atom. The normalized spacial score (nSPS) is 12.0. The monoisotopic (exact) mass is 398 g/mol. The predicted molar refractivity (Wildman–Crippen MR) is 118 cm³/mol. The molecular weight excluding hydrogens is 380 g/mol. The van der Waals surface area contributed by atoms with Crippen molar-refractivity contribution in [1.29, 1.82) is 0 Å². The van der Waals surface area contributed by atoms with Crippen molar-refractivity contribution in [1.82, 2.24) is 0 Å². The van der Waals surface area contributed by atoms with Crippen molar-refractivity contribution in [2.75, 3.05) is 0 Å². The van der Waals surface area contributed by atoms with Crippen molar-refractivity contribution in [3.05, 3.63) is 64.4 Å². The van der Waals surface area contributed by atoms with Gasteiger partial charge >= 0.3 is 0 Å². The maximum atomic E-state index is 2.37. The van der Waals surface area contributed by atoms with Gasteiger partial charge in [-0.05, 0) is 72.5 Å². The Hall–Kier alpha value is -1.46. The van der Waals surface area contributed by atoms with E-state index in [1.807, 2.05) is 45.3 Å². The van der Waals surface area contributed by atoms with Gasteiger partial charge in [-0.1, -0.05) is 18.2 Å². The molecule has 0 saturated heterocycles. The molecule has 4 heterocycles. The largest absolute Gasteiger partial charge is 0.143 e. The van der Waals surface area contributed by atoms with Crippen LogP contribution in [0.4, 0.5) is 0 Å². The maximum Gasteiger partial charge on any atom is 0.0524 e. The van der Waals surface area contributed by atoms with Crippen LogP contribution in [0.3, 0.4) is 0 Å². The minimum atomic E-state index is 1.35. The smallest absolute Gasteiger partial charge is 0.0524 e. The molecular formula is C21H18S4. The molecule has 0 spiro atoms. The first-order valence-electron chi connectivity index (χ1n) is 8.13. The minimum absolute atomic E-state index is 1.35. The zero-order valence-electron chi connectivity index (χ0n) is 14.3. The molecule has 4 rings (SSSR count). The van der Waals surface area contributed by atoms with E-state index in [0.717, 1.165) is 0 Å². The number of rotatable bonds is 4. The second kappa shape index (κ2) is 7.04. The molecule has 0 saturated carbocycles. The van der Waals surface area contributed by atoms with Gasteiger partial charge in [0.2, 0.25) is 0 Å². The SMILES string of the molecule is C/C=C(\C)c1cc(-c2cc(C)c(-c3cccs3)s2)sc1-c1cccs1. The summed E-state index contributed by atoms with van der Waals surface area (Å²) in [6.07, 6.45) is 2.21. The molecule has 4 aromatic rings. The third kappa shape index (κ3) is 3.20. The number of allylic oxidation sites excluding steroid dienone is 2. The van der Waals surface area contributed by atoms with E-state index in [1.165, 1.54) is 46.0 Å². The zero-order chi connectivity index (χ0) is 17.4. The Morgan fingerprint density at radius 3 is 2.04 bits per heavy atom. The van der Waals surface area contributed by atoms with Crippen LogP contribution in [0.15, 0.2) is 53.2 Å². The highest BCUT2D eigenvalue weighted by molar-refractivity contribution is 7.28. The highest BCUT2D eigenvalue weighted by atomic mass is 32.1. The van der Waals surface area contributed by atoms with Crippen LogP contribution in [-0.4, -0.2) is 0 Å². The first-order valence-corrected chi connectivity index (χ1v) is 11.5. The van der Waals surface area contributed by atoms with Crippen molar-refractivity contribution in [2.24, 2.45) is 0 Å². The molecule has 0 N–H and O–H groups in total. The summed E-state index contributed by atoms with van der Waals surface area (Å²) in [6.45, 7) is 6.55. The van der Waals surface area contributed by atoms with Crippen LogP contribution in [0.1, 0.15) is 25.0 Å². The third-order valence-electron chi connectivity index (χ3n) is 4.24. The van der Waals surface area contributed by atoms with E-state index in [4.69, 9.17) is 0 Å². The average Bonchev–Trinajstić information content (AvgIpc) is 3.37. The van der Waals surface area contributed by atoms with E-state index in [0.29, 0.717) is 0 Å². The second-order valence-electron chi connectivity index (χ2n) is 5.90. The Balaban J connectivity index is 1.83. The van der Waals surface area contributed by atoms with Crippen molar-refractivity contribution < 1.29 is 0 Å². The van der Waals surface area contributed by atoms with Crippen LogP contribution >= 0.6 is 45.3 Å². The molecule has 4 aromatic heterocycles. The van der Waals surface area contributed by atoms with Crippen molar-refractivity contribution >= 4 is 50.9 Å². The Bertz CT molecular complexity index is 1010. The molecule has 4 heteroatoms. The minimum Gasteiger partial charge on any atom is -0.143 e. The highest BCUT2D eigenvalue weighted by Crippen LogP contribution is 2.46. The summed E-state index contributed by atoms with van der Waals surface area (Å²) in [5.74, 6) is 0. The van der Waals surface area contributed by atoms with E-state index >= 15 is 0 Å². The van der Waals surface area contributed by atoms with E-state index in [2.05, 4.69) is 74.0 Å². The topological polar surface area (TPSA) is 0 Å². The maximum absolute atomic E-state index is 2.37. The summed E-state index contributed by atoms with van der Waals surface area (Å²) in [5.41, 5.74) is 4.09. The average molecular weight is 399 g/mol. The molecule has 0 radical (unpaired) electrons. The zero-order valence-corrected chi connectivity index (χ0v) is 17.6. The van der Waals surface area contributed by atoms with Crippen molar-refractivity contribution in [2.45, 2.75) is 20.8 Å². The molecule has 0 amide bonds. The van der Waals surface area contributed by atoms with Crippen LogP contribution in [0.2, 0.25) is 0 Å². The summed E-state index contributed by atoms with van der Waals surface area (Å²) in [7, 11) is 0. The molecule has 0 aliphatic rings. The quantitative estimate of drug-likeness (QED) is 0.322. The van der Waals surface area contributed by atoms with Crippen LogP contribution in [0, 0.1) is 6.92 Å². The van der Waals surface area contributed by atoms with Gasteiger partial charge in [0.25, 0.3) is 0 Å². The lowest BCUT2D eigenvalue weighted by Crippen LogP contribution is -1.77. The standard InChI is InChI=1S/C21H18S4/c1-4-13(2)15-12-19(25-21(15)17-8-6-10-23-17)18-11-14(3)20(24-18)16-7-5-9-22-16/h4-12H,1-3H3/b13-4+. The lowest BCUT2D eigenvalue weighted by Gasteiger charge is -2.00. The van der Waals surface area contributed by atoms with Crippen LogP contribution in [0.25, 0.3) is 34.8 Å². The van der Waals surface area contributed by atoms with Crippen LogP contribution in [-0.2, 0) is 0 Å². The Kier molecular flexibility index (Phi) is 4.78. The Morgan fingerprint density at radius 2 is 1.44 bits per heavy atom. The van der Waals surface area contributed by atoms with Crippen molar-refractivity contribution in [3.63, 3.8) is 0 Å². The summed E-state index contributed by atoms with van der Waals surface area (Å²) in [6, 6.07) is 13.4. The molecule has 25 heavy (non-hydrogen) atoms. The van der Waals surface area contributed by atoms with Gasteiger partial charge in [0, 0.05) is 24.4 Å². The molecule has 0 fully saturated rings. The van der Waals surface area contributed by atoms with E-state index in [9.17, 15) is 0 Å². The van der Waals surface area contributed by atoms with E-state index < -0.39 is 0 Å². The van der Waals surface area contributed by atoms with E-state index in [-0.39, 0.29) is 0 Å². The second-order valence-corrected chi connectivity index (χ2v) is 9.90. The van der Waals surface area contributed by atoms with Crippen molar-refractivity contribution in [3.8, 4) is 29.3 Å². The van der Waals surface area contributed by atoms with Crippen LogP contribution in [0.5, 0.6) is 0 Å². The predicted octanol–water partition coefficient (Wildman–Crippen LogP) is 8.67. The van der Waals surface area contributed by atoms with Gasteiger partial charge in [0.05, 0.1) is 4.88 Å². The molecule has 0 nitrogen and oxygen atoms in total. The van der Waals surface area contributed by atoms with Gasteiger partial charge in [-0.15, -0.1) is 45.3 Å². The fourth-order valence-electron chi connectivity index (χ4n) is 2.81. The molecule has 0 aromatic carbocycles. The molecule has 0 unspecified atom stereocenters. The molecule has 126 valence electrons. The fourth-order valence-corrected chi connectivity index (χ4v) is 7.06. The number of aryl methyl sites for hydroxylation is 1. The summed E-state index contributed by atoms with van der Waals surface area (Å²) >= 11 is 7.47. The molecule has 0 bridgehead atoms. The lowest BCUT2D eigenvalue weighted by molar-refractivity contribution is 1.56. The van der Waals surface area contributed by atoms with Gasteiger partial charge in [-0.3, -0.25) is 0 Å². The number of thiophene rings is 4. The fraction of sp³-hybridized carbons (Fsp3) is 0.143. The van der Waals surface area contributed by atoms with Crippen LogP contribution < -0.4 is 0 Å². The summed E-state index contributed by atoms with van der Waals surface area (Å²) in [4.78, 5) is 8.27. The van der Waals surface area contributed by atoms with Gasteiger partial charge in [-0.2, -0.15) is 0 Å². The third-order valence-corrected chi connectivity index (χ3v) is 8.91. The summed E-state index contributed by atoms with van der Waals surface area (Å²) < 4.78 is 0. The van der Waals surface area contributed by atoms with Gasteiger partial charge in [-0.25, -0.2) is 0 Å². The molecule has 0 aliphatic heterocycles. The lowest BCUT2D eigenvalue weighted by atomic mass is 10.1. The first kappa shape index (κ1) is 17.0. The first-order chi connectivity index (χ1) is 12.2. The molecule has 0 aliphatic carbocycles. The number of hydrogen-bond donors (Lipinski definition) is 0. The molecule has 0 atom stereocenters. The number of hydrogen-bond acceptors (Lipinski definition) is 4. The summed E-state index contributed by atoms with van der Waals surface area (Å²) in [5, 5.41) is 4.31.